The molecule has 1 heterocycles. The average molecular weight is 272 g/mol. The van der Waals surface area contributed by atoms with Crippen molar-refractivity contribution in [2.75, 3.05) is 13.1 Å². The molecule has 2 N–H and O–H groups in total. The van der Waals surface area contributed by atoms with Crippen LogP contribution in [0.15, 0.2) is 0 Å². The fourth-order valence-corrected chi connectivity index (χ4v) is 2.28. The topological polar surface area (TPSA) is 78.9 Å². The summed E-state index contributed by atoms with van der Waals surface area (Å²) < 4.78 is 5.55. The zero-order valence-electron chi connectivity index (χ0n) is 12.0. The molecule has 6 heteroatoms. The van der Waals surface area contributed by atoms with Crippen molar-refractivity contribution in [3.05, 3.63) is 0 Å². The molecule has 2 amide bonds. The molecule has 6 nitrogen and oxygen atoms in total. The monoisotopic (exact) mass is 272 g/mol. The minimum absolute atomic E-state index is 0.0251. The molecule has 0 aliphatic carbocycles. The molecule has 1 saturated heterocycles. The summed E-state index contributed by atoms with van der Waals surface area (Å²) in [4.78, 5) is 24.8. The van der Waals surface area contributed by atoms with Gasteiger partial charge in [0.25, 0.3) is 0 Å². The van der Waals surface area contributed by atoms with Gasteiger partial charge in [-0.1, -0.05) is 13.8 Å². The van der Waals surface area contributed by atoms with Gasteiger partial charge in [0, 0.05) is 13.1 Å². The second kappa shape index (κ2) is 6.75. The van der Waals surface area contributed by atoms with Crippen LogP contribution in [0.2, 0.25) is 0 Å². The number of morpholine rings is 1. The maximum absolute atomic E-state index is 12.1. The van der Waals surface area contributed by atoms with Crippen LogP contribution in [-0.2, 0) is 9.53 Å². The van der Waals surface area contributed by atoms with E-state index in [0.717, 1.165) is 0 Å². The minimum Gasteiger partial charge on any atom is -0.480 e. The Bertz CT molecular complexity index is 323. The van der Waals surface area contributed by atoms with Crippen LogP contribution in [0.1, 0.15) is 34.1 Å². The zero-order valence-corrected chi connectivity index (χ0v) is 12.0. The van der Waals surface area contributed by atoms with Crippen molar-refractivity contribution < 1.29 is 19.4 Å². The molecule has 0 saturated carbocycles. The first kappa shape index (κ1) is 15.8. The Balaban J connectivity index is 2.58. The summed E-state index contributed by atoms with van der Waals surface area (Å²) in [5.74, 6) is -0.777. The molecular formula is C13H24N2O4. The molecule has 0 aromatic heterocycles. The Labute approximate surface area is 114 Å². The van der Waals surface area contributed by atoms with Gasteiger partial charge in [0.1, 0.15) is 6.04 Å². The summed E-state index contributed by atoms with van der Waals surface area (Å²) >= 11 is 0. The van der Waals surface area contributed by atoms with Crippen molar-refractivity contribution in [1.29, 1.82) is 0 Å². The molecular weight excluding hydrogens is 248 g/mol. The fraction of sp³-hybridized carbons (Fsp3) is 0.846. The van der Waals surface area contributed by atoms with Crippen molar-refractivity contribution in [1.82, 2.24) is 10.2 Å². The molecule has 19 heavy (non-hydrogen) atoms. The number of ether oxygens (including phenoxy) is 1. The van der Waals surface area contributed by atoms with Crippen LogP contribution in [0, 0.1) is 5.92 Å². The highest BCUT2D eigenvalue weighted by atomic mass is 16.5. The Kier molecular flexibility index (Phi) is 5.60. The number of hydrogen-bond donors (Lipinski definition) is 2. The van der Waals surface area contributed by atoms with Gasteiger partial charge in [0.05, 0.1) is 12.2 Å². The number of carbonyl (C=O) groups excluding carboxylic acids is 1. The van der Waals surface area contributed by atoms with E-state index in [1.54, 1.807) is 4.90 Å². The molecule has 0 unspecified atom stereocenters. The van der Waals surface area contributed by atoms with Gasteiger partial charge in [-0.25, -0.2) is 9.59 Å². The third-order valence-corrected chi connectivity index (χ3v) is 3.01. The molecule has 1 aliphatic rings. The molecule has 0 aromatic rings. The lowest BCUT2D eigenvalue weighted by atomic mass is 10.0. The number of carbonyl (C=O) groups is 2. The molecule has 1 rings (SSSR count). The lowest BCUT2D eigenvalue weighted by molar-refractivity contribution is -0.139. The minimum atomic E-state index is -0.989. The zero-order chi connectivity index (χ0) is 14.6. The van der Waals surface area contributed by atoms with Gasteiger partial charge in [-0.15, -0.1) is 0 Å². The van der Waals surface area contributed by atoms with Gasteiger partial charge < -0.3 is 20.1 Å². The van der Waals surface area contributed by atoms with E-state index in [2.05, 4.69) is 5.32 Å². The van der Waals surface area contributed by atoms with Crippen molar-refractivity contribution in [2.24, 2.45) is 5.92 Å². The third-order valence-electron chi connectivity index (χ3n) is 3.01. The van der Waals surface area contributed by atoms with Crippen molar-refractivity contribution in [2.45, 2.75) is 52.4 Å². The van der Waals surface area contributed by atoms with Gasteiger partial charge in [-0.05, 0) is 26.2 Å². The number of urea groups is 1. The summed E-state index contributed by atoms with van der Waals surface area (Å²) in [5.41, 5.74) is 0. The smallest absolute Gasteiger partial charge is 0.326 e. The molecule has 1 aliphatic heterocycles. The Morgan fingerprint density at radius 1 is 1.32 bits per heavy atom. The number of carboxylic acid groups (broad SMARTS) is 1. The van der Waals surface area contributed by atoms with Crippen LogP contribution in [0.4, 0.5) is 4.79 Å². The SMILES string of the molecule is CC(C)C[C@H](NC(=O)N1C[C@@H](C)O[C@@H](C)C1)C(=O)O. The number of rotatable bonds is 4. The van der Waals surface area contributed by atoms with E-state index in [0.29, 0.717) is 19.5 Å². The first-order valence-electron chi connectivity index (χ1n) is 6.73. The Hall–Kier alpha value is -1.30. The van der Waals surface area contributed by atoms with E-state index in [1.807, 2.05) is 27.7 Å². The number of nitrogens with zero attached hydrogens (tertiary/aromatic N) is 1. The Morgan fingerprint density at radius 3 is 2.26 bits per heavy atom. The lowest BCUT2D eigenvalue weighted by Crippen LogP contribution is -2.54. The second-order valence-electron chi connectivity index (χ2n) is 5.63. The van der Waals surface area contributed by atoms with Gasteiger partial charge >= 0.3 is 12.0 Å². The van der Waals surface area contributed by atoms with Gasteiger partial charge in [-0.3, -0.25) is 0 Å². The predicted molar refractivity (Wildman–Crippen MR) is 71.0 cm³/mol. The molecule has 1 fully saturated rings. The quantitative estimate of drug-likeness (QED) is 0.808. The second-order valence-corrected chi connectivity index (χ2v) is 5.63. The van der Waals surface area contributed by atoms with Crippen LogP contribution < -0.4 is 5.32 Å². The van der Waals surface area contributed by atoms with Crippen LogP contribution in [-0.4, -0.2) is 53.3 Å². The number of carboxylic acids is 1. The van der Waals surface area contributed by atoms with Crippen molar-refractivity contribution in [3.63, 3.8) is 0 Å². The number of aliphatic carboxylic acids is 1. The van der Waals surface area contributed by atoms with Crippen molar-refractivity contribution in [3.8, 4) is 0 Å². The molecule has 0 bridgehead atoms. The van der Waals surface area contributed by atoms with E-state index in [1.165, 1.54) is 0 Å². The molecule has 0 radical (unpaired) electrons. The average Bonchev–Trinajstić information content (AvgIpc) is 2.25. The number of amides is 2. The number of hydrogen-bond acceptors (Lipinski definition) is 3. The Morgan fingerprint density at radius 2 is 1.84 bits per heavy atom. The maximum atomic E-state index is 12.1. The lowest BCUT2D eigenvalue weighted by Gasteiger charge is -2.35. The fourth-order valence-electron chi connectivity index (χ4n) is 2.28. The van der Waals surface area contributed by atoms with E-state index < -0.39 is 12.0 Å². The molecule has 0 spiro atoms. The van der Waals surface area contributed by atoms with Crippen LogP contribution >= 0.6 is 0 Å². The van der Waals surface area contributed by atoms with Gasteiger partial charge in [-0.2, -0.15) is 0 Å². The highest BCUT2D eigenvalue weighted by molar-refractivity contribution is 5.82. The predicted octanol–water partition coefficient (Wildman–Crippen LogP) is 1.30. The third kappa shape index (κ3) is 5.06. The summed E-state index contributed by atoms with van der Waals surface area (Å²) in [6, 6.07) is -1.16. The summed E-state index contributed by atoms with van der Waals surface area (Å²) in [5, 5.41) is 11.7. The first-order chi connectivity index (χ1) is 8.79. The largest absolute Gasteiger partial charge is 0.480 e. The van der Waals surface area contributed by atoms with E-state index in [9.17, 15) is 9.59 Å². The molecule has 0 aromatic carbocycles. The van der Waals surface area contributed by atoms with E-state index in [-0.39, 0.29) is 24.2 Å². The van der Waals surface area contributed by atoms with Gasteiger partial charge in [0.15, 0.2) is 0 Å². The van der Waals surface area contributed by atoms with E-state index >= 15 is 0 Å². The number of nitrogens with one attached hydrogen (secondary N) is 1. The molecule has 3 atom stereocenters. The first-order valence-corrected chi connectivity index (χ1v) is 6.73. The summed E-state index contributed by atoms with van der Waals surface area (Å²) in [7, 11) is 0. The highest BCUT2D eigenvalue weighted by Crippen LogP contribution is 2.12. The van der Waals surface area contributed by atoms with Crippen LogP contribution in [0.5, 0.6) is 0 Å². The van der Waals surface area contributed by atoms with Crippen LogP contribution in [0.3, 0.4) is 0 Å². The summed E-state index contributed by atoms with van der Waals surface area (Å²) in [6.45, 7) is 8.65. The van der Waals surface area contributed by atoms with Crippen molar-refractivity contribution >= 4 is 12.0 Å². The van der Waals surface area contributed by atoms with Crippen LogP contribution in [0.25, 0.3) is 0 Å². The standard InChI is InChI=1S/C13H24N2O4/c1-8(2)5-11(12(16)17)14-13(18)15-6-9(3)19-10(4)7-15/h8-11H,5-7H2,1-4H3,(H,14,18)(H,16,17)/t9-,10+,11-/m0/s1. The normalized spacial score (nSPS) is 25.2. The summed E-state index contributed by atoms with van der Waals surface area (Å²) in [6.07, 6.45) is 0.377. The van der Waals surface area contributed by atoms with Gasteiger partial charge in [0.2, 0.25) is 0 Å². The van der Waals surface area contributed by atoms with E-state index in [4.69, 9.17) is 9.84 Å². The maximum Gasteiger partial charge on any atom is 0.326 e. The highest BCUT2D eigenvalue weighted by Gasteiger charge is 2.29. The molecule has 110 valence electrons.